The maximum atomic E-state index is 14.4. The maximum absolute atomic E-state index is 14.4. The first-order valence-electron chi connectivity index (χ1n) is 14.1. The van der Waals surface area contributed by atoms with Crippen molar-refractivity contribution < 1.29 is 23.7 Å². The van der Waals surface area contributed by atoms with Crippen molar-refractivity contribution in [2.75, 3.05) is 13.2 Å². The summed E-state index contributed by atoms with van der Waals surface area (Å²) in [5.41, 5.74) is 3.36. The third-order valence-corrected chi connectivity index (χ3v) is 8.79. The van der Waals surface area contributed by atoms with Gasteiger partial charge in [-0.3, -0.25) is 4.79 Å². The summed E-state index contributed by atoms with van der Waals surface area (Å²) in [6.45, 7) is 1.44. The van der Waals surface area contributed by atoms with E-state index in [1.165, 1.54) is 0 Å². The number of ether oxygens (including phenoxy) is 4. The van der Waals surface area contributed by atoms with Crippen LogP contribution in [0.5, 0.6) is 11.5 Å². The highest BCUT2D eigenvalue weighted by atomic mass is 127. The molecule has 0 saturated carbocycles. The highest BCUT2D eigenvalue weighted by Crippen LogP contribution is 2.45. The Kier molecular flexibility index (Phi) is 7.24. The smallest absolute Gasteiger partial charge is 0.199 e. The van der Waals surface area contributed by atoms with Gasteiger partial charge in [-0.2, -0.15) is 5.10 Å². The number of hydrogen-bond donors (Lipinski definition) is 0. The monoisotopic (exact) mass is 650 g/mol. The summed E-state index contributed by atoms with van der Waals surface area (Å²) in [7, 11) is 0. The molecule has 1 aromatic heterocycles. The Bertz CT molecular complexity index is 1520. The molecule has 0 spiro atoms. The number of carbonyl (C=O) groups excluding carboxylic acids is 1. The zero-order valence-corrected chi connectivity index (χ0v) is 24.3. The molecule has 4 unspecified atom stereocenters. The number of halogens is 1. The van der Waals surface area contributed by atoms with E-state index >= 15 is 0 Å². The molecule has 3 aromatic carbocycles. The lowest BCUT2D eigenvalue weighted by Crippen LogP contribution is -2.30. The molecule has 0 radical (unpaired) electrons. The quantitative estimate of drug-likeness (QED) is 0.211. The lowest BCUT2D eigenvalue weighted by atomic mass is 9.81. The summed E-state index contributed by atoms with van der Waals surface area (Å²) in [6.07, 6.45) is 7.12. The molecular formula is C32H31IN2O5. The van der Waals surface area contributed by atoms with Gasteiger partial charge in [-0.05, 0) is 102 Å². The molecular weight excluding hydrogens is 619 g/mol. The third-order valence-electron chi connectivity index (χ3n) is 8.07. The second-order valence-corrected chi connectivity index (χ2v) is 12.0. The molecule has 8 heteroatoms. The summed E-state index contributed by atoms with van der Waals surface area (Å²) in [6, 6.07) is 19.9. The fourth-order valence-electron chi connectivity index (χ4n) is 5.98. The molecule has 3 aliphatic rings. The SMILES string of the molecule is O=C1c2cc(OC3CCCCO3)ccc2OC(c2ccc(I)cc2)C1c1ccc2cnn(C3CCCCO3)c2c1. The summed E-state index contributed by atoms with van der Waals surface area (Å²) >= 11 is 2.29. The van der Waals surface area contributed by atoms with Crippen molar-refractivity contribution in [2.45, 2.75) is 63.1 Å². The van der Waals surface area contributed by atoms with Crippen LogP contribution in [-0.2, 0) is 9.47 Å². The summed E-state index contributed by atoms with van der Waals surface area (Å²) in [5.74, 6) is 0.674. The van der Waals surface area contributed by atoms with Crippen molar-refractivity contribution >= 4 is 39.3 Å². The van der Waals surface area contributed by atoms with E-state index in [0.717, 1.165) is 70.7 Å². The average molecular weight is 651 g/mol. The van der Waals surface area contributed by atoms with Crippen LogP contribution in [-0.4, -0.2) is 35.1 Å². The Hall–Kier alpha value is -2.95. The van der Waals surface area contributed by atoms with Gasteiger partial charge in [0.1, 0.15) is 17.6 Å². The lowest BCUT2D eigenvalue weighted by Gasteiger charge is -2.34. The molecule has 3 aliphatic heterocycles. The summed E-state index contributed by atoms with van der Waals surface area (Å²) in [4.78, 5) is 14.4. The van der Waals surface area contributed by atoms with E-state index in [1.807, 2.05) is 53.3 Å². The van der Waals surface area contributed by atoms with Gasteiger partial charge in [-0.15, -0.1) is 0 Å². The van der Waals surface area contributed by atoms with E-state index in [9.17, 15) is 4.79 Å². The van der Waals surface area contributed by atoms with Gasteiger partial charge >= 0.3 is 0 Å². The van der Waals surface area contributed by atoms with E-state index in [4.69, 9.17) is 18.9 Å². The van der Waals surface area contributed by atoms with E-state index in [0.29, 0.717) is 23.7 Å². The normalized spacial score (nSPS) is 24.9. The molecule has 7 nitrogen and oxygen atoms in total. The largest absolute Gasteiger partial charge is 0.484 e. The highest BCUT2D eigenvalue weighted by Gasteiger charge is 2.40. The van der Waals surface area contributed by atoms with Crippen molar-refractivity contribution in [1.82, 2.24) is 9.78 Å². The van der Waals surface area contributed by atoms with Gasteiger partial charge in [0.05, 0.1) is 29.8 Å². The molecule has 4 heterocycles. The minimum atomic E-state index is -0.534. The zero-order chi connectivity index (χ0) is 27.1. The third kappa shape index (κ3) is 5.01. The van der Waals surface area contributed by atoms with Crippen LogP contribution in [0, 0.1) is 3.57 Å². The Morgan fingerprint density at radius 1 is 0.875 bits per heavy atom. The Morgan fingerprint density at radius 3 is 2.45 bits per heavy atom. The van der Waals surface area contributed by atoms with Crippen LogP contribution < -0.4 is 9.47 Å². The van der Waals surface area contributed by atoms with Crippen LogP contribution in [0.1, 0.15) is 78.3 Å². The Balaban J connectivity index is 1.28. The summed E-state index contributed by atoms with van der Waals surface area (Å²) in [5, 5.41) is 5.68. The molecule has 4 atom stereocenters. The number of fused-ring (bicyclic) bond motifs is 2. The lowest BCUT2D eigenvalue weighted by molar-refractivity contribution is -0.105. The zero-order valence-electron chi connectivity index (χ0n) is 22.1. The van der Waals surface area contributed by atoms with Crippen LogP contribution >= 0.6 is 22.6 Å². The van der Waals surface area contributed by atoms with Crippen LogP contribution in [0.3, 0.4) is 0 Å². The predicted molar refractivity (Wildman–Crippen MR) is 159 cm³/mol. The predicted octanol–water partition coefficient (Wildman–Crippen LogP) is 7.35. The van der Waals surface area contributed by atoms with E-state index in [2.05, 4.69) is 45.9 Å². The number of nitrogens with zero attached hydrogens (tertiary/aromatic N) is 2. The van der Waals surface area contributed by atoms with Crippen molar-refractivity contribution in [2.24, 2.45) is 0 Å². The number of ketones is 1. The minimum Gasteiger partial charge on any atom is -0.484 e. The van der Waals surface area contributed by atoms with Gasteiger partial charge in [0.2, 0.25) is 0 Å². The Labute approximate surface area is 246 Å². The number of aromatic nitrogens is 2. The molecule has 2 saturated heterocycles. The van der Waals surface area contributed by atoms with E-state index in [1.54, 1.807) is 0 Å². The van der Waals surface area contributed by atoms with Gasteiger partial charge in [-0.1, -0.05) is 24.3 Å². The van der Waals surface area contributed by atoms with Crippen LogP contribution in [0.25, 0.3) is 10.9 Å². The van der Waals surface area contributed by atoms with Crippen molar-refractivity contribution in [3.05, 3.63) is 87.1 Å². The molecule has 0 amide bonds. The van der Waals surface area contributed by atoms with Gasteiger partial charge in [0, 0.05) is 22.0 Å². The number of benzene rings is 3. The maximum Gasteiger partial charge on any atom is 0.199 e. The van der Waals surface area contributed by atoms with Gasteiger partial charge in [0.25, 0.3) is 0 Å². The standard InChI is InChI=1S/C32H31IN2O5/c33-23-11-9-20(10-12-23)32-30(21-7-8-22-19-34-35(26(22)17-21)28-5-1-3-15-37-28)31(36)25-18-24(13-14-27(25)40-32)39-29-6-2-4-16-38-29/h7-14,17-19,28-30,32H,1-6,15-16H2. The number of hydrogen-bond acceptors (Lipinski definition) is 6. The van der Waals surface area contributed by atoms with Crippen molar-refractivity contribution in [3.63, 3.8) is 0 Å². The number of Topliss-reactive ketones (excluding diaryl/α,β-unsaturated/α-hetero) is 1. The van der Waals surface area contributed by atoms with E-state index in [-0.39, 0.29) is 18.3 Å². The Morgan fingerprint density at radius 2 is 1.68 bits per heavy atom. The molecule has 0 aliphatic carbocycles. The van der Waals surface area contributed by atoms with Crippen molar-refractivity contribution in [3.8, 4) is 11.5 Å². The molecule has 206 valence electrons. The molecule has 0 N–H and O–H groups in total. The van der Waals surface area contributed by atoms with Crippen molar-refractivity contribution in [1.29, 1.82) is 0 Å². The number of carbonyl (C=O) groups is 1. The molecule has 4 aromatic rings. The molecule has 2 fully saturated rings. The van der Waals surface area contributed by atoms with Crippen LogP contribution in [0.4, 0.5) is 0 Å². The first-order valence-corrected chi connectivity index (χ1v) is 15.2. The minimum absolute atomic E-state index is 0.0131. The average Bonchev–Trinajstić information content (AvgIpc) is 3.42. The fraction of sp³-hybridized carbons (Fsp3) is 0.375. The summed E-state index contributed by atoms with van der Waals surface area (Å²) < 4.78 is 27.6. The first-order chi connectivity index (χ1) is 19.6. The molecule has 40 heavy (non-hydrogen) atoms. The topological polar surface area (TPSA) is 71.8 Å². The van der Waals surface area contributed by atoms with Crippen LogP contribution in [0.15, 0.2) is 66.9 Å². The number of rotatable bonds is 5. The highest BCUT2D eigenvalue weighted by molar-refractivity contribution is 14.1. The van der Waals surface area contributed by atoms with Crippen LogP contribution in [0.2, 0.25) is 0 Å². The fourth-order valence-corrected chi connectivity index (χ4v) is 6.34. The molecule has 0 bridgehead atoms. The van der Waals surface area contributed by atoms with E-state index < -0.39 is 12.0 Å². The first kappa shape index (κ1) is 26.0. The molecule has 7 rings (SSSR count). The second kappa shape index (κ2) is 11.1. The van der Waals surface area contributed by atoms with Gasteiger partial charge < -0.3 is 18.9 Å². The van der Waals surface area contributed by atoms with Gasteiger partial charge in [0.15, 0.2) is 18.3 Å². The second-order valence-electron chi connectivity index (χ2n) is 10.7. The van der Waals surface area contributed by atoms with Gasteiger partial charge in [-0.25, -0.2) is 4.68 Å².